The van der Waals surface area contributed by atoms with Crippen molar-refractivity contribution in [1.29, 1.82) is 0 Å². The number of β-amino-alcohol motifs (C(OH)–C–C–N with tert-alkyl or cyclic N) is 1. The Bertz CT molecular complexity index is 3010. The zero-order chi connectivity index (χ0) is 53.3. The number of aliphatic hydroxyl groups excluding tert-OH is 1. The molecule has 4 saturated heterocycles. The number of ether oxygens (including phenoxy) is 3. The second-order valence-corrected chi connectivity index (χ2v) is 22.3. The number of phenolic OH excluding ortho intramolecular Hbond substituents is 1. The number of anilines is 3. The number of pyridine rings is 1. The van der Waals surface area contributed by atoms with Gasteiger partial charge in [-0.2, -0.15) is 5.10 Å². The number of aromatic hydroxyl groups is 1. The number of nitrogen functional groups attached to an aromatic ring is 1. The van der Waals surface area contributed by atoms with E-state index in [9.17, 15) is 19.8 Å². The van der Waals surface area contributed by atoms with Crippen molar-refractivity contribution < 1.29 is 38.5 Å². The number of piperidine rings is 1. The second kappa shape index (κ2) is 22.5. The molecule has 9 heterocycles. The topological polar surface area (TPSA) is 257 Å². The number of rotatable bonds is 18. The number of piperazine rings is 1. The molecule has 2 amide bonds. The quantitative estimate of drug-likeness (QED) is 0.0776. The summed E-state index contributed by atoms with van der Waals surface area (Å²) < 4.78 is 24.7. The van der Waals surface area contributed by atoms with Crippen LogP contribution >= 0.6 is 11.3 Å². The lowest BCUT2D eigenvalue weighted by molar-refractivity contribution is -0.141. The van der Waals surface area contributed by atoms with E-state index in [1.54, 1.807) is 23.7 Å². The van der Waals surface area contributed by atoms with E-state index in [2.05, 4.69) is 67.7 Å². The Morgan fingerprint density at radius 2 is 1.65 bits per heavy atom. The number of nitrogens with two attached hydrogens (primary N) is 1. The number of aromatic nitrogens is 7. The molecule has 5 aromatic heterocycles. The van der Waals surface area contributed by atoms with E-state index < -0.39 is 24.1 Å². The van der Waals surface area contributed by atoms with Gasteiger partial charge >= 0.3 is 0 Å². The zero-order valence-electron chi connectivity index (χ0n) is 43.9. The minimum atomic E-state index is -0.878. The lowest BCUT2D eigenvalue weighted by Crippen LogP contribution is -2.54. The minimum absolute atomic E-state index is 0.0249. The third-order valence-corrected chi connectivity index (χ3v) is 16.8. The molecule has 6 atom stereocenters. The van der Waals surface area contributed by atoms with Crippen molar-refractivity contribution in [3.05, 3.63) is 89.5 Å². The Morgan fingerprint density at radius 1 is 0.870 bits per heavy atom. The van der Waals surface area contributed by atoms with Crippen molar-refractivity contribution in [2.24, 2.45) is 5.92 Å². The Kier molecular flexibility index (Phi) is 15.2. The molecule has 2 bridgehead atoms. The number of aliphatic hydroxyl groups is 1. The van der Waals surface area contributed by atoms with Gasteiger partial charge in [0.2, 0.25) is 17.7 Å². The fourth-order valence-electron chi connectivity index (χ4n) is 11.7. The number of benzene rings is 1. The number of thiazole rings is 1. The predicted molar refractivity (Wildman–Crippen MR) is 287 cm³/mol. The van der Waals surface area contributed by atoms with Gasteiger partial charge < -0.3 is 54.7 Å². The van der Waals surface area contributed by atoms with Gasteiger partial charge in [-0.3, -0.25) is 14.5 Å². The maximum atomic E-state index is 14.2. The molecule has 6 aromatic rings. The molecule has 0 spiro atoms. The average molecular weight is 1070 g/mol. The van der Waals surface area contributed by atoms with Gasteiger partial charge in [0.1, 0.15) is 36.1 Å². The predicted octanol–water partition coefficient (Wildman–Crippen LogP) is 5.94. The molecule has 1 saturated carbocycles. The van der Waals surface area contributed by atoms with Crippen molar-refractivity contribution in [2.45, 2.75) is 127 Å². The molecule has 1 unspecified atom stereocenters. The average Bonchev–Trinajstić information content (AvgIpc) is 4.22. The Balaban J connectivity index is 0.601. The highest BCUT2D eigenvalue weighted by Crippen LogP contribution is 2.41. The molecule has 22 heteroatoms. The lowest BCUT2D eigenvalue weighted by Gasteiger charge is -2.43. The van der Waals surface area contributed by atoms with Gasteiger partial charge in [0, 0.05) is 100 Å². The molecule has 0 radical (unpaired) electrons. The SMILES string of the molecule is Cc1ncsc1-c1ccc([C@H](C)NC(=O)[C@@H]2C[C@@H](O)CN2C(=O)[C@@H](c2cc(OCCN3CCC(OC4CC(Oc5cc(N6C7CC[C@@H]6CN(c6cc(-c8ccccc8O)nnc6N)C7)ccn5)C4)CC3)no2)C(C)C)nn1. The van der Waals surface area contributed by atoms with Gasteiger partial charge in [-0.15, -0.1) is 26.6 Å². The standard InChI is InChI=1S/C55H67N13O8S/c1-31(2)51(55(72)67-29-37(69)22-46(67)54(71)59-32(3)42-11-12-43(61-60-42)52-33(4)58-30-77-52)48-26-50(64-76-48)73-20-19-65-17-14-38(15-18-65)74-39-23-40(24-39)75-49-21-34(13-16-57-49)68-35-9-10-36(68)28-66(27-35)45-25-44(62-63-53(45)56)41-7-5-6-8-47(41)70/h5-8,11-13,16,21,25-26,30-32,35-40,46,51,69-70H,9-10,14-15,17-20,22-24,27-29H2,1-4H3,(H2,56,63)(H,59,71)/t32-,35+,36?,37+,39?,40?,46-,51+/m0/s1. The van der Waals surface area contributed by atoms with E-state index in [1.807, 2.05) is 64.2 Å². The van der Waals surface area contributed by atoms with Crippen LogP contribution in [0.3, 0.4) is 0 Å². The van der Waals surface area contributed by atoms with Crippen LogP contribution in [0, 0.1) is 12.8 Å². The third-order valence-electron chi connectivity index (χ3n) is 15.8. The first-order valence-electron chi connectivity index (χ1n) is 26.9. The van der Waals surface area contributed by atoms with Crippen LogP contribution in [0.4, 0.5) is 17.2 Å². The van der Waals surface area contributed by atoms with Gasteiger partial charge in [-0.05, 0) is 87.0 Å². The monoisotopic (exact) mass is 1070 g/mol. The molecular formula is C55H67N13O8S. The molecule has 5 fully saturated rings. The molecule has 1 aromatic carbocycles. The van der Waals surface area contributed by atoms with Crippen LogP contribution in [0.1, 0.15) is 94.8 Å². The Hall–Kier alpha value is -7.01. The Labute approximate surface area is 451 Å². The number of carbonyl (C=O) groups excluding carboxylic acids is 2. The largest absolute Gasteiger partial charge is 0.507 e. The van der Waals surface area contributed by atoms with Crippen molar-refractivity contribution in [3.8, 4) is 39.3 Å². The maximum Gasteiger partial charge on any atom is 0.254 e. The van der Waals surface area contributed by atoms with Crippen molar-refractivity contribution in [1.82, 2.24) is 50.6 Å². The van der Waals surface area contributed by atoms with Gasteiger partial charge in [0.15, 0.2) is 11.6 Å². The van der Waals surface area contributed by atoms with E-state index in [1.165, 1.54) is 16.2 Å². The number of para-hydroxylation sites is 1. The van der Waals surface area contributed by atoms with E-state index in [0.29, 0.717) is 59.1 Å². The minimum Gasteiger partial charge on any atom is -0.507 e. The summed E-state index contributed by atoms with van der Waals surface area (Å²) in [5, 5.41) is 45.6. The summed E-state index contributed by atoms with van der Waals surface area (Å²) in [7, 11) is 0. The van der Waals surface area contributed by atoms with Gasteiger partial charge in [-0.25, -0.2) is 9.97 Å². The van der Waals surface area contributed by atoms with Crippen LogP contribution in [0.5, 0.6) is 17.5 Å². The van der Waals surface area contributed by atoms with Crippen LogP contribution in [-0.2, 0) is 14.3 Å². The van der Waals surface area contributed by atoms with Crippen LogP contribution in [0.2, 0.25) is 0 Å². The third kappa shape index (κ3) is 11.4. The number of fused-ring (bicyclic) bond motifs is 2. The van der Waals surface area contributed by atoms with Crippen LogP contribution in [0.15, 0.2) is 76.9 Å². The number of nitrogens with zero attached hydrogens (tertiary/aromatic N) is 11. The first-order valence-corrected chi connectivity index (χ1v) is 27.8. The lowest BCUT2D eigenvalue weighted by atomic mass is 9.91. The molecule has 1 aliphatic carbocycles. The molecule has 5 N–H and O–H groups in total. The summed E-state index contributed by atoms with van der Waals surface area (Å²) in [5.41, 5.74) is 13.5. The molecular weight excluding hydrogens is 1000 g/mol. The number of carbonyl (C=O) groups is 2. The fourth-order valence-corrected chi connectivity index (χ4v) is 12.4. The number of likely N-dealkylation sites (tertiary alicyclic amines) is 2. The molecule has 77 heavy (non-hydrogen) atoms. The van der Waals surface area contributed by atoms with Crippen LogP contribution < -0.4 is 30.3 Å². The highest BCUT2D eigenvalue weighted by molar-refractivity contribution is 7.13. The highest BCUT2D eigenvalue weighted by atomic mass is 32.1. The van der Waals surface area contributed by atoms with E-state index in [0.717, 1.165) is 86.6 Å². The molecule has 11 rings (SSSR count). The highest BCUT2D eigenvalue weighted by Gasteiger charge is 2.45. The number of phenols is 1. The molecule has 406 valence electrons. The van der Waals surface area contributed by atoms with Crippen LogP contribution in [-0.4, -0.2) is 156 Å². The number of amides is 2. The summed E-state index contributed by atoms with van der Waals surface area (Å²) >= 11 is 1.49. The normalized spacial score (nSPS) is 23.5. The van der Waals surface area contributed by atoms with Crippen LogP contribution in [0.25, 0.3) is 21.8 Å². The fraction of sp³-hybridized carbons (Fsp3) is 0.509. The van der Waals surface area contributed by atoms with Gasteiger partial charge in [0.25, 0.3) is 5.88 Å². The summed E-state index contributed by atoms with van der Waals surface area (Å²) in [5.74, 6) is 0.165. The van der Waals surface area contributed by atoms with Gasteiger partial charge in [0.05, 0.1) is 57.5 Å². The molecule has 21 nitrogen and oxygen atoms in total. The molecule has 5 aliphatic rings. The second-order valence-electron chi connectivity index (χ2n) is 21.5. The van der Waals surface area contributed by atoms with E-state index >= 15 is 0 Å². The number of hydrogen-bond donors (Lipinski definition) is 4. The Morgan fingerprint density at radius 3 is 2.38 bits per heavy atom. The first-order chi connectivity index (χ1) is 37.3. The van der Waals surface area contributed by atoms with Crippen molar-refractivity contribution in [3.63, 3.8) is 0 Å². The van der Waals surface area contributed by atoms with Crippen molar-refractivity contribution in [2.75, 3.05) is 61.4 Å². The van der Waals surface area contributed by atoms with E-state index in [-0.39, 0.29) is 66.8 Å². The van der Waals surface area contributed by atoms with E-state index in [4.69, 9.17) is 24.5 Å². The summed E-state index contributed by atoms with van der Waals surface area (Å²) in [4.78, 5) is 46.4. The smallest absolute Gasteiger partial charge is 0.254 e. The zero-order valence-corrected chi connectivity index (χ0v) is 44.7. The van der Waals surface area contributed by atoms with Gasteiger partial charge in [-0.1, -0.05) is 26.0 Å². The number of nitrogens with one attached hydrogen (secondary N) is 1. The number of aryl methyl sites for hydroxylation is 1. The summed E-state index contributed by atoms with van der Waals surface area (Å²) in [6, 6.07) is 17.8. The van der Waals surface area contributed by atoms with Crippen molar-refractivity contribution >= 4 is 40.3 Å². The first kappa shape index (κ1) is 52.1. The molecule has 4 aliphatic heterocycles. The summed E-state index contributed by atoms with van der Waals surface area (Å²) in [6.07, 6.45) is 7.12. The maximum absolute atomic E-state index is 14.2. The summed E-state index contributed by atoms with van der Waals surface area (Å²) in [6.45, 7) is 12.0. The number of hydrogen-bond acceptors (Lipinski definition) is 20.